The van der Waals surface area contributed by atoms with E-state index in [1.807, 2.05) is 10.7 Å². The van der Waals surface area contributed by atoms with Gasteiger partial charge in [0.2, 0.25) is 0 Å². The molecule has 2 saturated carbocycles. The van der Waals surface area contributed by atoms with E-state index in [2.05, 4.69) is 26.3 Å². The molecule has 2 fully saturated rings. The molecular weight excluding hydrogens is 352 g/mol. The number of halogens is 1. The van der Waals surface area contributed by atoms with E-state index in [-0.39, 0.29) is 0 Å². The molecule has 0 atom stereocenters. The zero-order valence-corrected chi connectivity index (χ0v) is 15.0. The fraction of sp³-hybridized carbons (Fsp3) is 0.667. The van der Waals surface area contributed by atoms with E-state index in [0.29, 0.717) is 11.5 Å². The van der Waals surface area contributed by atoms with Crippen LogP contribution < -0.4 is 5.32 Å². The van der Waals surface area contributed by atoms with Gasteiger partial charge in [0, 0.05) is 17.0 Å². The van der Waals surface area contributed by atoms with Crippen molar-refractivity contribution in [1.82, 2.24) is 14.6 Å². The highest BCUT2D eigenvalue weighted by Crippen LogP contribution is 2.50. The van der Waals surface area contributed by atoms with Crippen LogP contribution >= 0.6 is 15.9 Å². The van der Waals surface area contributed by atoms with E-state index in [0.717, 1.165) is 16.5 Å². The SMILES string of the molecule is Brc1cnn2c(NC3CCC3)c3c(nc12)C1(CCCCC1)CC3. The van der Waals surface area contributed by atoms with Gasteiger partial charge in [-0.2, -0.15) is 9.61 Å². The van der Waals surface area contributed by atoms with E-state index in [9.17, 15) is 0 Å². The third-order valence-electron chi connectivity index (χ3n) is 6.31. The first-order valence-corrected chi connectivity index (χ1v) is 9.89. The van der Waals surface area contributed by atoms with Gasteiger partial charge >= 0.3 is 0 Å². The van der Waals surface area contributed by atoms with Crippen LogP contribution in [0, 0.1) is 0 Å². The number of aromatic nitrogens is 3. The van der Waals surface area contributed by atoms with E-state index < -0.39 is 0 Å². The Morgan fingerprint density at radius 2 is 1.96 bits per heavy atom. The lowest BCUT2D eigenvalue weighted by Gasteiger charge is -2.34. The minimum atomic E-state index is 0.342. The van der Waals surface area contributed by atoms with Crippen molar-refractivity contribution in [2.24, 2.45) is 0 Å². The molecule has 2 aromatic rings. The molecule has 3 aliphatic carbocycles. The largest absolute Gasteiger partial charge is 0.367 e. The van der Waals surface area contributed by atoms with Gasteiger partial charge in [0.1, 0.15) is 5.82 Å². The van der Waals surface area contributed by atoms with Gasteiger partial charge in [-0.3, -0.25) is 0 Å². The first kappa shape index (κ1) is 14.3. The second kappa shape index (κ2) is 5.20. The highest BCUT2D eigenvalue weighted by Gasteiger charge is 2.43. The summed E-state index contributed by atoms with van der Waals surface area (Å²) >= 11 is 3.65. The van der Waals surface area contributed by atoms with E-state index >= 15 is 0 Å². The van der Waals surface area contributed by atoms with Gasteiger partial charge in [-0.1, -0.05) is 19.3 Å². The molecule has 5 heteroatoms. The Morgan fingerprint density at radius 3 is 2.70 bits per heavy atom. The average molecular weight is 375 g/mol. The number of nitrogens with zero attached hydrogens (tertiary/aromatic N) is 3. The molecule has 0 amide bonds. The van der Waals surface area contributed by atoms with Gasteiger partial charge in [0.05, 0.1) is 16.4 Å². The molecule has 23 heavy (non-hydrogen) atoms. The maximum absolute atomic E-state index is 5.12. The number of fused-ring (bicyclic) bond motifs is 3. The van der Waals surface area contributed by atoms with Crippen molar-refractivity contribution in [3.05, 3.63) is 21.9 Å². The van der Waals surface area contributed by atoms with Gasteiger partial charge in [0.25, 0.3) is 0 Å². The quantitative estimate of drug-likeness (QED) is 0.834. The Bertz CT molecular complexity index is 756. The zero-order chi connectivity index (χ0) is 15.4. The van der Waals surface area contributed by atoms with Crippen molar-refractivity contribution in [3.63, 3.8) is 0 Å². The van der Waals surface area contributed by atoms with E-state index in [4.69, 9.17) is 4.98 Å². The predicted octanol–water partition coefficient (Wildman–Crippen LogP) is 4.60. The van der Waals surface area contributed by atoms with Crippen molar-refractivity contribution >= 4 is 27.4 Å². The van der Waals surface area contributed by atoms with Crippen LogP contribution in [-0.4, -0.2) is 20.6 Å². The summed E-state index contributed by atoms with van der Waals surface area (Å²) in [5.41, 5.74) is 4.15. The molecule has 1 spiro atoms. The fourth-order valence-electron chi connectivity index (χ4n) is 4.77. The third-order valence-corrected chi connectivity index (χ3v) is 6.87. The van der Waals surface area contributed by atoms with Crippen molar-refractivity contribution in [2.75, 3.05) is 5.32 Å². The van der Waals surface area contributed by atoms with Crippen LogP contribution in [0.3, 0.4) is 0 Å². The van der Waals surface area contributed by atoms with E-state index in [1.165, 1.54) is 74.9 Å². The van der Waals surface area contributed by atoms with Crippen LogP contribution in [0.4, 0.5) is 5.82 Å². The molecular formula is C18H23BrN4. The molecule has 0 radical (unpaired) electrons. The Kier molecular flexibility index (Phi) is 3.22. The van der Waals surface area contributed by atoms with Crippen LogP contribution in [0.1, 0.15) is 69.0 Å². The molecule has 122 valence electrons. The summed E-state index contributed by atoms with van der Waals surface area (Å²) in [7, 11) is 0. The predicted molar refractivity (Wildman–Crippen MR) is 95.0 cm³/mol. The molecule has 4 nitrogen and oxygen atoms in total. The summed E-state index contributed by atoms with van der Waals surface area (Å²) in [6.45, 7) is 0. The smallest absolute Gasteiger partial charge is 0.171 e. The summed E-state index contributed by atoms with van der Waals surface area (Å²) < 4.78 is 3.04. The summed E-state index contributed by atoms with van der Waals surface area (Å²) in [5, 5.41) is 8.38. The highest BCUT2D eigenvalue weighted by molar-refractivity contribution is 9.10. The summed E-state index contributed by atoms with van der Waals surface area (Å²) in [6, 6.07) is 0.621. The Hall–Kier alpha value is -1.10. The summed E-state index contributed by atoms with van der Waals surface area (Å²) in [4.78, 5) is 5.12. The first-order chi connectivity index (χ1) is 11.3. The van der Waals surface area contributed by atoms with Gasteiger partial charge < -0.3 is 5.32 Å². The number of rotatable bonds is 2. The van der Waals surface area contributed by atoms with Crippen molar-refractivity contribution in [3.8, 4) is 0 Å². The molecule has 0 bridgehead atoms. The molecule has 0 aromatic carbocycles. The molecule has 2 heterocycles. The minimum absolute atomic E-state index is 0.342. The van der Waals surface area contributed by atoms with Crippen LogP contribution in [0.5, 0.6) is 0 Å². The molecule has 0 saturated heterocycles. The van der Waals surface area contributed by atoms with Crippen molar-refractivity contribution < 1.29 is 0 Å². The van der Waals surface area contributed by atoms with Gasteiger partial charge in [-0.15, -0.1) is 0 Å². The van der Waals surface area contributed by atoms with Crippen molar-refractivity contribution in [2.45, 2.75) is 75.7 Å². The van der Waals surface area contributed by atoms with Crippen molar-refractivity contribution in [1.29, 1.82) is 0 Å². The van der Waals surface area contributed by atoms with Crippen LogP contribution in [0.15, 0.2) is 10.7 Å². The monoisotopic (exact) mass is 374 g/mol. The standard InChI is InChI=1S/C18H23BrN4/c19-14-11-20-23-16(21-12-5-4-6-12)13-7-10-18(8-2-1-3-9-18)15(13)22-17(14)23/h11-12,21H,1-10H2. The molecule has 0 aliphatic heterocycles. The Balaban J connectivity index is 1.69. The molecule has 2 aromatic heterocycles. The van der Waals surface area contributed by atoms with Gasteiger partial charge in [-0.25, -0.2) is 4.98 Å². The van der Waals surface area contributed by atoms with Crippen LogP contribution in [0.25, 0.3) is 5.65 Å². The number of anilines is 1. The lowest BCUT2D eigenvalue weighted by atomic mass is 9.72. The number of hydrogen-bond donors (Lipinski definition) is 1. The second-order valence-electron chi connectivity index (χ2n) is 7.63. The first-order valence-electron chi connectivity index (χ1n) is 9.10. The maximum Gasteiger partial charge on any atom is 0.171 e. The highest BCUT2D eigenvalue weighted by atomic mass is 79.9. The second-order valence-corrected chi connectivity index (χ2v) is 8.48. The minimum Gasteiger partial charge on any atom is -0.367 e. The molecule has 5 rings (SSSR count). The molecule has 1 N–H and O–H groups in total. The fourth-order valence-corrected chi connectivity index (χ4v) is 5.12. The normalized spacial score (nSPS) is 23.2. The lowest BCUT2D eigenvalue weighted by Crippen LogP contribution is -2.30. The van der Waals surface area contributed by atoms with E-state index in [1.54, 1.807) is 0 Å². The molecule has 0 unspecified atom stereocenters. The zero-order valence-electron chi connectivity index (χ0n) is 13.4. The average Bonchev–Trinajstić information content (AvgIpc) is 3.06. The lowest BCUT2D eigenvalue weighted by molar-refractivity contribution is 0.286. The maximum atomic E-state index is 5.12. The topological polar surface area (TPSA) is 42.2 Å². The van der Waals surface area contributed by atoms with Gasteiger partial charge in [0.15, 0.2) is 5.65 Å². The molecule has 3 aliphatic rings. The Labute approximate surface area is 145 Å². The van der Waals surface area contributed by atoms with Crippen LogP contribution in [-0.2, 0) is 11.8 Å². The van der Waals surface area contributed by atoms with Gasteiger partial charge in [-0.05, 0) is 60.9 Å². The summed E-state index contributed by atoms with van der Waals surface area (Å²) in [6.07, 6.45) is 15.0. The number of hydrogen-bond acceptors (Lipinski definition) is 3. The van der Waals surface area contributed by atoms with Crippen LogP contribution in [0.2, 0.25) is 0 Å². The third kappa shape index (κ3) is 2.08. The summed E-state index contributed by atoms with van der Waals surface area (Å²) in [5.74, 6) is 1.22. The Morgan fingerprint density at radius 1 is 1.13 bits per heavy atom. The number of nitrogens with one attached hydrogen (secondary N) is 1.